The van der Waals surface area contributed by atoms with Crippen molar-refractivity contribution in [2.45, 2.75) is 46.1 Å². The first-order valence-corrected chi connectivity index (χ1v) is 10.7. The smallest absolute Gasteiger partial charge is 0.238 e. The number of anilines is 1. The fourth-order valence-corrected chi connectivity index (χ4v) is 4.09. The number of fused-ring (bicyclic) bond motifs is 2. The van der Waals surface area contributed by atoms with E-state index >= 15 is 0 Å². The molecule has 30 heavy (non-hydrogen) atoms. The number of hydrogen-bond acceptors (Lipinski definition) is 3. The molecule has 2 N–H and O–H groups in total. The van der Waals surface area contributed by atoms with Crippen LogP contribution in [-0.4, -0.2) is 28.9 Å². The summed E-state index contributed by atoms with van der Waals surface area (Å²) in [6, 6.07) is 14.0. The Balaban J connectivity index is 1.47. The van der Waals surface area contributed by atoms with Gasteiger partial charge in [0.15, 0.2) is 5.43 Å². The van der Waals surface area contributed by atoms with E-state index in [1.54, 1.807) is 0 Å². The number of hydrogen-bond donors (Lipinski definition) is 2. The average molecular weight is 404 g/mol. The fourth-order valence-electron chi connectivity index (χ4n) is 4.09. The molecule has 0 radical (unpaired) electrons. The van der Waals surface area contributed by atoms with Crippen LogP contribution in [0.15, 0.2) is 47.3 Å². The molecule has 2 heterocycles. The molecule has 0 unspecified atom stereocenters. The average Bonchev–Trinajstić information content (AvgIpc) is 2.74. The van der Waals surface area contributed by atoms with Gasteiger partial charge >= 0.3 is 0 Å². The first-order valence-electron chi connectivity index (χ1n) is 10.7. The van der Waals surface area contributed by atoms with Gasteiger partial charge in [-0.05, 0) is 47.7 Å². The van der Waals surface area contributed by atoms with Gasteiger partial charge in [0, 0.05) is 47.4 Å². The second kappa shape index (κ2) is 8.44. The monoisotopic (exact) mass is 403 g/mol. The molecule has 1 aliphatic rings. The molecule has 4 rings (SSSR count). The van der Waals surface area contributed by atoms with Crippen LogP contribution in [0.3, 0.4) is 0 Å². The first kappa shape index (κ1) is 20.4. The minimum absolute atomic E-state index is 0.0544. The van der Waals surface area contributed by atoms with E-state index in [-0.39, 0.29) is 17.9 Å². The van der Waals surface area contributed by atoms with E-state index in [0.717, 1.165) is 52.8 Å². The molecule has 0 aliphatic carbocycles. The predicted octanol–water partition coefficient (Wildman–Crippen LogP) is 4.21. The number of H-pyrrole nitrogens is 1. The Morgan fingerprint density at radius 3 is 2.63 bits per heavy atom. The predicted molar refractivity (Wildman–Crippen MR) is 122 cm³/mol. The molecule has 3 aromatic rings. The Kier molecular flexibility index (Phi) is 5.73. The van der Waals surface area contributed by atoms with Crippen molar-refractivity contribution in [2.75, 3.05) is 18.4 Å². The van der Waals surface area contributed by atoms with Crippen LogP contribution < -0.4 is 10.7 Å². The van der Waals surface area contributed by atoms with Gasteiger partial charge in [-0.2, -0.15) is 0 Å². The molecule has 1 aromatic heterocycles. The van der Waals surface area contributed by atoms with E-state index in [0.29, 0.717) is 12.5 Å². The Morgan fingerprint density at radius 2 is 1.93 bits per heavy atom. The number of pyridine rings is 1. The Labute approximate surface area is 177 Å². The third-order valence-electron chi connectivity index (χ3n) is 5.95. The van der Waals surface area contributed by atoms with Gasteiger partial charge < -0.3 is 10.3 Å². The molecule has 0 saturated heterocycles. The van der Waals surface area contributed by atoms with Crippen molar-refractivity contribution in [3.63, 3.8) is 0 Å². The number of aromatic nitrogens is 1. The Morgan fingerprint density at radius 1 is 1.17 bits per heavy atom. The van der Waals surface area contributed by atoms with Crippen LogP contribution in [0, 0.1) is 0 Å². The molecule has 0 saturated carbocycles. The minimum atomic E-state index is -0.0544. The Bertz CT molecular complexity index is 1130. The fraction of sp³-hybridized carbons (Fsp3) is 0.360. The summed E-state index contributed by atoms with van der Waals surface area (Å²) >= 11 is 0. The second-order valence-electron chi connectivity index (χ2n) is 8.43. The van der Waals surface area contributed by atoms with Crippen LogP contribution >= 0.6 is 0 Å². The largest absolute Gasteiger partial charge is 0.358 e. The number of carbonyl (C=O) groups excluding carboxylic acids is 1. The number of aryl methyl sites for hydroxylation is 1. The highest BCUT2D eigenvalue weighted by molar-refractivity contribution is 5.92. The van der Waals surface area contributed by atoms with Crippen LogP contribution in [0.1, 0.15) is 49.1 Å². The van der Waals surface area contributed by atoms with Crippen molar-refractivity contribution >= 4 is 22.5 Å². The van der Waals surface area contributed by atoms with Gasteiger partial charge in [0.2, 0.25) is 5.91 Å². The van der Waals surface area contributed by atoms with Crippen LogP contribution in [0.5, 0.6) is 0 Å². The van der Waals surface area contributed by atoms with Gasteiger partial charge in [-0.1, -0.05) is 39.0 Å². The number of nitrogens with one attached hydrogen (secondary N) is 2. The summed E-state index contributed by atoms with van der Waals surface area (Å²) in [7, 11) is 0. The molecule has 1 amide bonds. The van der Waals surface area contributed by atoms with Crippen molar-refractivity contribution in [3.8, 4) is 0 Å². The highest BCUT2D eigenvalue weighted by Gasteiger charge is 2.22. The molecule has 1 aliphatic heterocycles. The zero-order chi connectivity index (χ0) is 21.3. The van der Waals surface area contributed by atoms with E-state index < -0.39 is 0 Å². The van der Waals surface area contributed by atoms with Gasteiger partial charge in [0.05, 0.1) is 6.54 Å². The van der Waals surface area contributed by atoms with Crippen molar-refractivity contribution in [3.05, 3.63) is 75.1 Å². The van der Waals surface area contributed by atoms with Crippen LogP contribution in [0.2, 0.25) is 0 Å². The highest BCUT2D eigenvalue weighted by atomic mass is 16.2. The summed E-state index contributed by atoms with van der Waals surface area (Å²) in [4.78, 5) is 31.1. The third-order valence-corrected chi connectivity index (χ3v) is 5.95. The summed E-state index contributed by atoms with van der Waals surface area (Å²) < 4.78 is 0. The topological polar surface area (TPSA) is 65.2 Å². The summed E-state index contributed by atoms with van der Waals surface area (Å²) in [6.07, 6.45) is 1.64. The molecule has 0 spiro atoms. The minimum Gasteiger partial charge on any atom is -0.358 e. The van der Waals surface area contributed by atoms with Crippen LogP contribution in [0.4, 0.5) is 5.69 Å². The molecule has 0 bridgehead atoms. The number of rotatable bonds is 5. The lowest BCUT2D eigenvalue weighted by atomic mass is 10.0. The van der Waals surface area contributed by atoms with Gasteiger partial charge in [0.1, 0.15) is 0 Å². The lowest BCUT2D eigenvalue weighted by molar-refractivity contribution is -0.117. The van der Waals surface area contributed by atoms with E-state index in [4.69, 9.17) is 0 Å². The quantitative estimate of drug-likeness (QED) is 0.671. The first-order chi connectivity index (χ1) is 14.4. The lowest BCUT2D eigenvalue weighted by Crippen LogP contribution is -2.39. The SMILES string of the molecule is CCc1ccc2[nH]c3c(c(=O)c2c1)CN(CC(=O)Nc1ccc(C(C)C)cc1)CC3. The molecular weight excluding hydrogens is 374 g/mol. The summed E-state index contributed by atoms with van der Waals surface area (Å²) in [5.41, 5.74) is 5.98. The zero-order valence-electron chi connectivity index (χ0n) is 17.9. The third kappa shape index (κ3) is 4.17. The maximum Gasteiger partial charge on any atom is 0.238 e. The normalized spacial score (nSPS) is 14.1. The molecule has 0 fully saturated rings. The lowest BCUT2D eigenvalue weighted by Gasteiger charge is -2.28. The zero-order valence-corrected chi connectivity index (χ0v) is 17.9. The van der Waals surface area contributed by atoms with E-state index in [9.17, 15) is 9.59 Å². The molecule has 5 nitrogen and oxygen atoms in total. The molecule has 156 valence electrons. The summed E-state index contributed by atoms with van der Waals surface area (Å²) in [5.74, 6) is 0.409. The van der Waals surface area contributed by atoms with E-state index in [2.05, 4.69) is 37.1 Å². The van der Waals surface area contributed by atoms with Crippen molar-refractivity contribution < 1.29 is 4.79 Å². The van der Waals surface area contributed by atoms with Gasteiger partial charge in [0.25, 0.3) is 0 Å². The number of benzene rings is 2. The number of amides is 1. The number of nitrogens with zero attached hydrogens (tertiary/aromatic N) is 1. The van der Waals surface area contributed by atoms with Gasteiger partial charge in [-0.3, -0.25) is 14.5 Å². The summed E-state index contributed by atoms with van der Waals surface area (Å²) in [6.45, 7) is 7.91. The second-order valence-corrected chi connectivity index (χ2v) is 8.43. The molecule has 2 aromatic carbocycles. The Hall–Kier alpha value is -2.92. The molecular formula is C25H29N3O2. The van der Waals surface area contributed by atoms with Gasteiger partial charge in [-0.25, -0.2) is 0 Å². The van der Waals surface area contributed by atoms with E-state index in [1.165, 1.54) is 5.56 Å². The summed E-state index contributed by atoms with van der Waals surface area (Å²) in [5, 5.41) is 3.71. The van der Waals surface area contributed by atoms with Crippen molar-refractivity contribution in [1.29, 1.82) is 0 Å². The number of carbonyl (C=O) groups is 1. The molecule has 5 heteroatoms. The van der Waals surface area contributed by atoms with Crippen molar-refractivity contribution in [1.82, 2.24) is 9.88 Å². The highest BCUT2D eigenvalue weighted by Crippen LogP contribution is 2.20. The molecule has 0 atom stereocenters. The van der Waals surface area contributed by atoms with Crippen LogP contribution in [0.25, 0.3) is 10.9 Å². The van der Waals surface area contributed by atoms with E-state index in [1.807, 2.05) is 41.3 Å². The van der Waals surface area contributed by atoms with Crippen LogP contribution in [-0.2, 0) is 24.2 Å². The van der Waals surface area contributed by atoms with Crippen molar-refractivity contribution in [2.24, 2.45) is 0 Å². The number of aromatic amines is 1. The standard InChI is InChI=1S/C25H29N3O2/c1-4-17-5-10-22-20(13-17)25(30)21-14-28(12-11-23(21)27-22)15-24(29)26-19-8-6-18(7-9-19)16(2)3/h5-10,13,16H,4,11-12,14-15H2,1-3H3,(H,26,29)(H,27,30). The maximum absolute atomic E-state index is 13.1. The maximum atomic E-state index is 13.1. The van der Waals surface area contributed by atoms with Gasteiger partial charge in [-0.15, -0.1) is 0 Å².